The van der Waals surface area contributed by atoms with E-state index in [-0.39, 0.29) is 35.9 Å². The fourth-order valence-electron chi connectivity index (χ4n) is 3.11. The molecule has 1 heterocycles. The average Bonchev–Trinajstić information content (AvgIpc) is 2.70. The van der Waals surface area contributed by atoms with Crippen LogP contribution < -0.4 is 19.8 Å². The molecule has 2 N–H and O–H groups in total. The Balaban J connectivity index is 1.84. The summed E-state index contributed by atoms with van der Waals surface area (Å²) in [7, 11) is -2.09. The lowest BCUT2D eigenvalue weighted by atomic mass is 10.1. The monoisotopic (exact) mass is 444 g/mol. The Hall–Kier alpha value is -3.40. The lowest BCUT2D eigenvalue weighted by Gasteiger charge is -2.25. The van der Waals surface area contributed by atoms with Gasteiger partial charge >= 0.3 is 0 Å². The number of methoxy groups -OCH3 is 1. The number of sulfonamides is 1. The minimum atomic E-state index is -3.48. The van der Waals surface area contributed by atoms with Crippen LogP contribution in [0.4, 0.5) is 17.1 Å². The standard InChI is InChI=1S/C21H24N4O5S/c1-13-5-6-14(2)18(11-13)25-20(26)10-9-17(23-25)21(27)22-15-7-8-16(19(12-15)30-3)24-31(4,28)29/h5-8,11-12,24H,9-10H2,1-4H3,(H,22,27). The largest absolute Gasteiger partial charge is 0.494 e. The van der Waals surface area contributed by atoms with Crippen LogP contribution in [0, 0.1) is 13.8 Å². The summed E-state index contributed by atoms with van der Waals surface area (Å²) in [5, 5.41) is 8.31. The molecule has 0 radical (unpaired) electrons. The van der Waals surface area contributed by atoms with E-state index in [0.717, 1.165) is 17.4 Å². The van der Waals surface area contributed by atoms with E-state index in [1.807, 2.05) is 32.0 Å². The van der Waals surface area contributed by atoms with Crippen molar-refractivity contribution in [2.24, 2.45) is 5.10 Å². The molecule has 0 saturated heterocycles. The van der Waals surface area contributed by atoms with Crippen LogP contribution >= 0.6 is 0 Å². The van der Waals surface area contributed by atoms with Gasteiger partial charge in [-0.15, -0.1) is 0 Å². The van der Waals surface area contributed by atoms with Crippen molar-refractivity contribution >= 4 is 44.6 Å². The minimum Gasteiger partial charge on any atom is -0.494 e. The van der Waals surface area contributed by atoms with Crippen LogP contribution in [0.5, 0.6) is 5.75 Å². The highest BCUT2D eigenvalue weighted by Crippen LogP contribution is 2.29. The van der Waals surface area contributed by atoms with E-state index in [0.29, 0.717) is 11.4 Å². The molecule has 31 heavy (non-hydrogen) atoms. The summed E-state index contributed by atoms with van der Waals surface area (Å²) >= 11 is 0. The Labute approximate surface area is 181 Å². The summed E-state index contributed by atoms with van der Waals surface area (Å²) in [5.41, 5.74) is 3.38. The number of carbonyl (C=O) groups is 2. The summed E-state index contributed by atoms with van der Waals surface area (Å²) in [6, 6.07) is 10.2. The third-order valence-corrected chi connectivity index (χ3v) is 5.23. The molecular weight excluding hydrogens is 420 g/mol. The first-order chi connectivity index (χ1) is 14.6. The second-order valence-corrected chi connectivity index (χ2v) is 9.03. The molecule has 2 aromatic rings. The van der Waals surface area contributed by atoms with E-state index in [9.17, 15) is 18.0 Å². The van der Waals surface area contributed by atoms with Crippen molar-refractivity contribution in [3.05, 3.63) is 47.5 Å². The van der Waals surface area contributed by atoms with Gasteiger partial charge in [-0.2, -0.15) is 5.10 Å². The van der Waals surface area contributed by atoms with Gasteiger partial charge in [0.1, 0.15) is 11.5 Å². The zero-order valence-electron chi connectivity index (χ0n) is 17.7. The summed E-state index contributed by atoms with van der Waals surface area (Å²) in [6.07, 6.45) is 1.42. The van der Waals surface area contributed by atoms with Crippen LogP contribution in [-0.2, 0) is 19.6 Å². The average molecular weight is 445 g/mol. The van der Waals surface area contributed by atoms with Gasteiger partial charge in [-0.3, -0.25) is 14.3 Å². The van der Waals surface area contributed by atoms with E-state index in [4.69, 9.17) is 4.74 Å². The lowest BCUT2D eigenvalue weighted by molar-refractivity contribution is -0.118. The topological polar surface area (TPSA) is 117 Å². The molecule has 2 amide bonds. The number of nitrogens with one attached hydrogen (secondary N) is 2. The maximum absolute atomic E-state index is 12.8. The van der Waals surface area contributed by atoms with E-state index in [1.54, 1.807) is 6.07 Å². The van der Waals surface area contributed by atoms with Crippen LogP contribution in [-0.4, -0.2) is 39.3 Å². The molecule has 164 valence electrons. The normalized spacial score (nSPS) is 14.1. The van der Waals surface area contributed by atoms with Crippen molar-refractivity contribution in [1.29, 1.82) is 0 Å². The second-order valence-electron chi connectivity index (χ2n) is 7.29. The first-order valence-corrected chi connectivity index (χ1v) is 11.4. The number of carbonyl (C=O) groups excluding carboxylic acids is 2. The summed E-state index contributed by atoms with van der Waals surface area (Å²) in [5.74, 6) is -0.377. The molecule has 1 aliphatic heterocycles. The van der Waals surface area contributed by atoms with Crippen LogP contribution in [0.2, 0.25) is 0 Å². The van der Waals surface area contributed by atoms with Crippen LogP contribution in [0.25, 0.3) is 0 Å². The maximum atomic E-state index is 12.8. The quantitative estimate of drug-likeness (QED) is 0.711. The van der Waals surface area contributed by atoms with Gasteiger partial charge < -0.3 is 10.1 Å². The number of rotatable bonds is 6. The highest BCUT2D eigenvalue weighted by Gasteiger charge is 2.26. The number of ether oxygens (including phenoxy) is 1. The number of nitrogens with zero attached hydrogens (tertiary/aromatic N) is 2. The van der Waals surface area contributed by atoms with Gasteiger partial charge in [0.05, 0.1) is 24.7 Å². The zero-order valence-corrected chi connectivity index (χ0v) is 18.5. The molecule has 0 unspecified atom stereocenters. The van der Waals surface area contributed by atoms with Crippen molar-refractivity contribution in [3.8, 4) is 5.75 Å². The third-order valence-electron chi connectivity index (χ3n) is 4.64. The highest BCUT2D eigenvalue weighted by atomic mass is 32.2. The SMILES string of the molecule is COc1cc(NC(=O)C2=NN(c3cc(C)ccc3C)C(=O)CC2)ccc1NS(C)(=O)=O. The molecule has 0 aromatic heterocycles. The molecule has 2 aromatic carbocycles. The van der Waals surface area contributed by atoms with Crippen molar-refractivity contribution < 1.29 is 22.7 Å². The second kappa shape index (κ2) is 8.76. The zero-order chi connectivity index (χ0) is 22.8. The van der Waals surface area contributed by atoms with Crippen molar-refractivity contribution in [3.63, 3.8) is 0 Å². The third kappa shape index (κ3) is 5.40. The lowest BCUT2D eigenvalue weighted by Crippen LogP contribution is -2.36. The van der Waals surface area contributed by atoms with Gasteiger partial charge in [-0.1, -0.05) is 12.1 Å². The van der Waals surface area contributed by atoms with E-state index >= 15 is 0 Å². The highest BCUT2D eigenvalue weighted by molar-refractivity contribution is 7.92. The number of hydrogen-bond acceptors (Lipinski definition) is 6. The van der Waals surface area contributed by atoms with Crippen molar-refractivity contribution in [2.45, 2.75) is 26.7 Å². The Kier molecular flexibility index (Phi) is 6.30. The number of hydrazone groups is 1. The maximum Gasteiger partial charge on any atom is 0.271 e. The number of hydrogen-bond donors (Lipinski definition) is 2. The predicted octanol–water partition coefficient (Wildman–Crippen LogP) is 2.81. The molecule has 0 fully saturated rings. The van der Waals surface area contributed by atoms with Gasteiger partial charge in [0, 0.05) is 24.6 Å². The van der Waals surface area contributed by atoms with Crippen molar-refractivity contribution in [2.75, 3.05) is 28.4 Å². The molecule has 0 bridgehead atoms. The smallest absolute Gasteiger partial charge is 0.271 e. The molecule has 10 heteroatoms. The van der Waals surface area contributed by atoms with Crippen LogP contribution in [0.1, 0.15) is 24.0 Å². The summed E-state index contributed by atoms with van der Waals surface area (Å²) < 4.78 is 30.5. The molecule has 0 atom stereocenters. The molecule has 0 spiro atoms. The van der Waals surface area contributed by atoms with Gasteiger partial charge in [0.2, 0.25) is 15.9 Å². The molecule has 3 rings (SSSR count). The summed E-state index contributed by atoms with van der Waals surface area (Å²) in [4.78, 5) is 25.2. The van der Waals surface area contributed by atoms with Crippen molar-refractivity contribution in [1.82, 2.24) is 0 Å². The first kappa shape index (κ1) is 22.3. The molecular formula is C21H24N4O5S. The van der Waals surface area contributed by atoms with E-state index in [1.165, 1.54) is 24.3 Å². The molecule has 9 nitrogen and oxygen atoms in total. The fourth-order valence-corrected chi connectivity index (χ4v) is 3.68. The Bertz CT molecular complexity index is 1170. The number of amides is 2. The Morgan fingerprint density at radius 1 is 1.13 bits per heavy atom. The van der Waals surface area contributed by atoms with Gasteiger partial charge in [0.25, 0.3) is 5.91 Å². The molecule has 0 saturated carbocycles. The number of anilines is 3. The fraction of sp³-hybridized carbons (Fsp3) is 0.286. The Morgan fingerprint density at radius 2 is 1.87 bits per heavy atom. The van der Waals surface area contributed by atoms with E-state index < -0.39 is 15.9 Å². The summed E-state index contributed by atoms with van der Waals surface area (Å²) in [6.45, 7) is 3.80. The van der Waals surface area contributed by atoms with Crippen LogP contribution in [0.15, 0.2) is 41.5 Å². The van der Waals surface area contributed by atoms with Gasteiger partial charge in [-0.05, 0) is 43.2 Å². The number of aryl methyl sites for hydroxylation is 2. The minimum absolute atomic E-state index is 0.167. The predicted molar refractivity (Wildman–Crippen MR) is 120 cm³/mol. The van der Waals surface area contributed by atoms with E-state index in [2.05, 4.69) is 15.1 Å². The molecule has 0 aliphatic carbocycles. The van der Waals surface area contributed by atoms with Gasteiger partial charge in [-0.25, -0.2) is 13.4 Å². The van der Waals surface area contributed by atoms with Gasteiger partial charge in [0.15, 0.2) is 0 Å². The molecule has 1 aliphatic rings. The van der Waals surface area contributed by atoms with Crippen LogP contribution in [0.3, 0.4) is 0 Å². The number of benzene rings is 2. The first-order valence-electron chi connectivity index (χ1n) is 9.52. The Morgan fingerprint density at radius 3 is 2.55 bits per heavy atom.